The summed E-state index contributed by atoms with van der Waals surface area (Å²) in [5.41, 5.74) is 11.9. The largest absolute Gasteiger partial charge is 0.455 e. The molecule has 7 heteroatoms. The Balaban J connectivity index is 1.14. The van der Waals surface area contributed by atoms with E-state index < -0.39 is 0 Å². The first-order valence-electron chi connectivity index (χ1n) is 21.3. The summed E-state index contributed by atoms with van der Waals surface area (Å²) in [6.45, 7) is 0. The number of rotatable bonds is 6. The lowest BCUT2D eigenvalue weighted by Gasteiger charge is -2.14. The number of nitrogens with zero attached hydrogens (tertiary/aromatic N) is 5. The van der Waals surface area contributed by atoms with Gasteiger partial charge in [-0.2, -0.15) is 9.97 Å². The van der Waals surface area contributed by atoms with Crippen LogP contribution in [0.2, 0.25) is 0 Å². The fraction of sp³-hybridized carbons (Fsp3) is 0. The summed E-state index contributed by atoms with van der Waals surface area (Å²) < 4.78 is 26.2. The molecule has 0 aliphatic carbocycles. The van der Waals surface area contributed by atoms with E-state index in [0.29, 0.717) is 23.2 Å². The van der Waals surface area contributed by atoms with Crippen LogP contribution in [0.5, 0.6) is 0 Å². The number of benzene rings is 9. The second-order valence-electron chi connectivity index (χ2n) is 16.1. The summed E-state index contributed by atoms with van der Waals surface area (Å²) in [4.78, 5) is 15.8. The average molecular weight is 824 g/mol. The number of hydrogen-bond acceptors (Lipinski definition) is 4. The molecule has 0 fully saturated rings. The minimum absolute atomic E-state index is 0.311. The number of furan rings is 1. The van der Waals surface area contributed by atoms with Crippen molar-refractivity contribution >= 4 is 65.6 Å². The molecule has 9 aromatic carbocycles. The topological polar surface area (TPSA) is 61.7 Å². The molecule has 0 bridgehead atoms. The van der Waals surface area contributed by atoms with Crippen molar-refractivity contribution in [2.75, 3.05) is 0 Å². The van der Waals surface area contributed by atoms with Crippen LogP contribution in [0.4, 0.5) is 4.39 Å². The lowest BCUT2D eigenvalue weighted by Crippen LogP contribution is -2.07. The predicted molar refractivity (Wildman–Crippen MR) is 257 cm³/mol. The molecule has 0 aliphatic rings. The standard InChI is InChI=1S/C57H34FN5O/c58-40-19-13-18-39(32-40)47-33-41(34-48-44-22-9-12-25-51(44)64-54(47)48)62-49-23-10-7-20-42(49)45-30-31-46-43-21-8-11-24-50(43)63(53(46)52(45)62)57-60-55(37-16-5-2-6-17-37)59-56(61-57)38-28-26-36(27-29-38)35-14-3-1-4-15-35/h1-34H. The highest BCUT2D eigenvalue weighted by Crippen LogP contribution is 2.44. The van der Waals surface area contributed by atoms with E-state index in [4.69, 9.17) is 19.4 Å². The minimum Gasteiger partial charge on any atom is -0.455 e. The van der Waals surface area contributed by atoms with Crippen LogP contribution in [0.15, 0.2) is 211 Å². The van der Waals surface area contributed by atoms with Crippen molar-refractivity contribution in [1.29, 1.82) is 0 Å². The van der Waals surface area contributed by atoms with Crippen molar-refractivity contribution in [3.05, 3.63) is 212 Å². The van der Waals surface area contributed by atoms with E-state index in [-0.39, 0.29) is 5.82 Å². The van der Waals surface area contributed by atoms with E-state index in [0.717, 1.165) is 99.0 Å². The lowest BCUT2D eigenvalue weighted by atomic mass is 10.0. The maximum atomic E-state index is 15.0. The fourth-order valence-corrected chi connectivity index (χ4v) is 9.54. The number of hydrogen-bond donors (Lipinski definition) is 0. The third-order valence-corrected chi connectivity index (χ3v) is 12.4. The third kappa shape index (κ3) is 5.61. The molecule has 0 spiro atoms. The van der Waals surface area contributed by atoms with E-state index >= 15 is 4.39 Å². The molecule has 64 heavy (non-hydrogen) atoms. The highest BCUT2D eigenvalue weighted by Gasteiger charge is 2.25. The Kier molecular flexibility index (Phi) is 7.99. The van der Waals surface area contributed by atoms with Gasteiger partial charge in [0.1, 0.15) is 17.0 Å². The SMILES string of the molecule is Fc1cccc(-c2cc(-n3c4ccccc4c4ccc5c6ccccc6n(-c6nc(-c7ccccc7)nc(-c7ccc(-c8ccccc8)cc7)n6)c5c43)cc3c2oc2ccccc23)c1. The Morgan fingerprint density at radius 2 is 0.906 bits per heavy atom. The summed E-state index contributed by atoms with van der Waals surface area (Å²) in [5, 5.41) is 6.23. The fourth-order valence-electron chi connectivity index (χ4n) is 9.54. The molecular formula is C57H34FN5O. The molecule has 0 unspecified atom stereocenters. The molecule has 4 aromatic heterocycles. The Morgan fingerprint density at radius 3 is 1.59 bits per heavy atom. The van der Waals surface area contributed by atoms with Crippen LogP contribution in [0.1, 0.15) is 0 Å². The number of aromatic nitrogens is 5. The van der Waals surface area contributed by atoms with Crippen molar-refractivity contribution in [2.45, 2.75) is 0 Å². The molecule has 0 N–H and O–H groups in total. The van der Waals surface area contributed by atoms with E-state index in [1.54, 1.807) is 12.1 Å². The van der Waals surface area contributed by atoms with Crippen LogP contribution in [0, 0.1) is 5.82 Å². The van der Waals surface area contributed by atoms with Crippen LogP contribution in [-0.2, 0) is 0 Å². The van der Waals surface area contributed by atoms with Gasteiger partial charge in [-0.15, -0.1) is 0 Å². The van der Waals surface area contributed by atoms with Gasteiger partial charge < -0.3 is 8.98 Å². The van der Waals surface area contributed by atoms with Gasteiger partial charge in [0.05, 0.1) is 22.1 Å². The van der Waals surface area contributed by atoms with Gasteiger partial charge in [-0.3, -0.25) is 4.57 Å². The van der Waals surface area contributed by atoms with Crippen LogP contribution < -0.4 is 0 Å². The van der Waals surface area contributed by atoms with Gasteiger partial charge in [-0.25, -0.2) is 9.37 Å². The van der Waals surface area contributed by atoms with E-state index in [1.165, 1.54) is 6.07 Å². The molecule has 0 saturated heterocycles. The van der Waals surface area contributed by atoms with Crippen LogP contribution >= 0.6 is 0 Å². The first kappa shape index (κ1) is 36.0. The van der Waals surface area contributed by atoms with Crippen LogP contribution in [0.25, 0.3) is 122 Å². The zero-order valence-corrected chi connectivity index (χ0v) is 34.2. The van der Waals surface area contributed by atoms with Crippen molar-refractivity contribution in [1.82, 2.24) is 24.1 Å². The minimum atomic E-state index is -0.311. The molecule has 300 valence electrons. The molecule has 0 aliphatic heterocycles. The smallest absolute Gasteiger partial charge is 0.238 e. The molecule has 0 atom stereocenters. The van der Waals surface area contributed by atoms with Crippen molar-refractivity contribution in [2.24, 2.45) is 0 Å². The van der Waals surface area contributed by atoms with Crippen LogP contribution in [0.3, 0.4) is 0 Å². The van der Waals surface area contributed by atoms with Gasteiger partial charge in [0.15, 0.2) is 11.6 Å². The van der Waals surface area contributed by atoms with E-state index in [1.807, 2.05) is 60.7 Å². The van der Waals surface area contributed by atoms with Gasteiger partial charge in [0.25, 0.3) is 0 Å². The van der Waals surface area contributed by atoms with E-state index in [9.17, 15) is 0 Å². The highest BCUT2D eigenvalue weighted by molar-refractivity contribution is 6.24. The second-order valence-corrected chi connectivity index (χ2v) is 16.1. The molecule has 13 rings (SSSR count). The maximum Gasteiger partial charge on any atom is 0.238 e. The predicted octanol–water partition coefficient (Wildman–Crippen LogP) is 14.8. The normalized spacial score (nSPS) is 11.8. The first-order chi connectivity index (χ1) is 31.6. The average Bonchev–Trinajstić information content (AvgIpc) is 4.02. The molecule has 6 nitrogen and oxygen atoms in total. The van der Waals surface area contributed by atoms with Gasteiger partial charge >= 0.3 is 0 Å². The highest BCUT2D eigenvalue weighted by atomic mass is 19.1. The van der Waals surface area contributed by atoms with Gasteiger partial charge in [-0.1, -0.05) is 164 Å². The van der Waals surface area contributed by atoms with Gasteiger partial charge in [0, 0.05) is 54.7 Å². The Labute approximate surface area is 365 Å². The zero-order chi connectivity index (χ0) is 42.3. The second kappa shape index (κ2) is 14.2. The quantitative estimate of drug-likeness (QED) is 0.168. The molecule has 0 saturated carbocycles. The summed E-state index contributed by atoms with van der Waals surface area (Å²) >= 11 is 0. The lowest BCUT2D eigenvalue weighted by molar-refractivity contribution is 0.628. The summed E-state index contributed by atoms with van der Waals surface area (Å²) in [7, 11) is 0. The Bertz CT molecular complexity index is 3960. The van der Waals surface area contributed by atoms with Crippen molar-refractivity contribution in [3.8, 4) is 56.7 Å². The van der Waals surface area contributed by atoms with E-state index in [2.05, 4.69) is 137 Å². The van der Waals surface area contributed by atoms with Crippen molar-refractivity contribution < 1.29 is 8.81 Å². The first-order valence-corrected chi connectivity index (χ1v) is 21.3. The maximum absolute atomic E-state index is 15.0. The molecule has 4 heterocycles. The molecule has 0 amide bonds. The summed E-state index contributed by atoms with van der Waals surface area (Å²) in [6, 6.07) is 69.4. The number of fused-ring (bicyclic) bond motifs is 10. The van der Waals surface area contributed by atoms with Gasteiger partial charge in [0.2, 0.25) is 5.95 Å². The molecular weight excluding hydrogens is 790 g/mol. The molecule has 13 aromatic rings. The van der Waals surface area contributed by atoms with Crippen LogP contribution in [-0.4, -0.2) is 24.1 Å². The number of halogens is 1. The summed E-state index contributed by atoms with van der Waals surface area (Å²) in [6.07, 6.45) is 0. The number of para-hydroxylation sites is 3. The van der Waals surface area contributed by atoms with Gasteiger partial charge in [-0.05, 0) is 59.2 Å². The Hall–Kier alpha value is -8.68. The molecule has 0 radical (unpaired) electrons. The summed E-state index contributed by atoms with van der Waals surface area (Å²) in [5.74, 6) is 1.33. The van der Waals surface area contributed by atoms with Crippen molar-refractivity contribution in [3.63, 3.8) is 0 Å². The Morgan fingerprint density at radius 1 is 0.375 bits per heavy atom. The third-order valence-electron chi connectivity index (χ3n) is 12.4. The monoisotopic (exact) mass is 823 g/mol. The zero-order valence-electron chi connectivity index (χ0n) is 34.2.